The van der Waals surface area contributed by atoms with Crippen LogP contribution in [0.15, 0.2) is 4.99 Å². The summed E-state index contributed by atoms with van der Waals surface area (Å²) in [4.78, 5) is 4.55. The second-order valence-corrected chi connectivity index (χ2v) is 5.79. The number of ether oxygens (including phenoxy) is 3. The molecule has 0 rings (SSSR count). The van der Waals surface area contributed by atoms with Crippen molar-refractivity contribution < 1.29 is 14.2 Å². The minimum absolute atomic E-state index is 0.659. The quantitative estimate of drug-likeness (QED) is 0.273. The maximum Gasteiger partial charge on any atom is 0.191 e. The normalized spacial score (nSPS) is 12.0. The molecular weight excluding hydrogens is 294 g/mol. The van der Waals surface area contributed by atoms with Crippen molar-refractivity contribution in [1.29, 1.82) is 0 Å². The standard InChI is InChI=1S/C17H37N3O3/c1-5-18-17(20-10-13-23-12-8-16(2)3)19-9-6-7-11-22-15-14-21-4/h16H,5-15H2,1-4H3,(H2,18,19,20). The van der Waals surface area contributed by atoms with E-state index in [0.29, 0.717) is 25.7 Å². The Kier molecular flexibility index (Phi) is 16.9. The minimum Gasteiger partial charge on any atom is -0.382 e. The molecule has 23 heavy (non-hydrogen) atoms. The highest BCUT2D eigenvalue weighted by molar-refractivity contribution is 5.79. The third-order valence-corrected chi connectivity index (χ3v) is 3.12. The molecule has 0 saturated heterocycles. The van der Waals surface area contributed by atoms with E-state index in [-0.39, 0.29) is 0 Å². The molecule has 0 radical (unpaired) electrons. The van der Waals surface area contributed by atoms with E-state index in [1.54, 1.807) is 7.11 Å². The van der Waals surface area contributed by atoms with E-state index in [4.69, 9.17) is 14.2 Å². The van der Waals surface area contributed by atoms with Crippen LogP contribution in [0.4, 0.5) is 0 Å². The smallest absolute Gasteiger partial charge is 0.191 e. The highest BCUT2D eigenvalue weighted by atomic mass is 16.5. The Bertz CT molecular complexity index is 274. The van der Waals surface area contributed by atoms with Crippen molar-refractivity contribution in [3.8, 4) is 0 Å². The van der Waals surface area contributed by atoms with Crippen molar-refractivity contribution in [2.24, 2.45) is 10.9 Å². The summed E-state index contributed by atoms with van der Waals surface area (Å²) in [5.74, 6) is 1.56. The lowest BCUT2D eigenvalue weighted by atomic mass is 10.1. The lowest BCUT2D eigenvalue weighted by Gasteiger charge is -2.12. The van der Waals surface area contributed by atoms with Gasteiger partial charge in [-0.25, -0.2) is 0 Å². The lowest BCUT2D eigenvalue weighted by molar-refractivity contribution is 0.0690. The van der Waals surface area contributed by atoms with Gasteiger partial charge in [-0.1, -0.05) is 13.8 Å². The first-order valence-electron chi connectivity index (χ1n) is 8.87. The molecule has 0 fully saturated rings. The van der Waals surface area contributed by atoms with Gasteiger partial charge in [0.05, 0.1) is 19.8 Å². The molecule has 0 aromatic rings. The summed E-state index contributed by atoms with van der Waals surface area (Å²) >= 11 is 0. The number of rotatable bonds is 15. The van der Waals surface area contributed by atoms with Crippen LogP contribution in [0.2, 0.25) is 0 Å². The average molecular weight is 332 g/mol. The SMILES string of the molecule is CCNC(=NCCCCOCCOC)NCCOCCC(C)C. The van der Waals surface area contributed by atoms with E-state index in [9.17, 15) is 0 Å². The molecule has 0 aliphatic carbocycles. The third-order valence-electron chi connectivity index (χ3n) is 3.12. The van der Waals surface area contributed by atoms with Gasteiger partial charge in [0.1, 0.15) is 0 Å². The van der Waals surface area contributed by atoms with Gasteiger partial charge < -0.3 is 24.8 Å². The summed E-state index contributed by atoms with van der Waals surface area (Å²) in [6, 6.07) is 0. The molecule has 0 aliphatic heterocycles. The highest BCUT2D eigenvalue weighted by Crippen LogP contribution is 1.98. The maximum atomic E-state index is 5.59. The van der Waals surface area contributed by atoms with Crippen LogP contribution in [-0.2, 0) is 14.2 Å². The zero-order valence-corrected chi connectivity index (χ0v) is 15.5. The van der Waals surface area contributed by atoms with Crippen molar-refractivity contribution in [3.63, 3.8) is 0 Å². The summed E-state index contributed by atoms with van der Waals surface area (Å²) < 4.78 is 15.9. The Morgan fingerprint density at radius 3 is 2.43 bits per heavy atom. The molecule has 0 saturated carbocycles. The van der Waals surface area contributed by atoms with Gasteiger partial charge in [-0.15, -0.1) is 0 Å². The molecule has 0 bridgehead atoms. The topological polar surface area (TPSA) is 64.1 Å². The fourth-order valence-corrected chi connectivity index (χ4v) is 1.76. The van der Waals surface area contributed by atoms with E-state index in [1.807, 2.05) is 0 Å². The van der Waals surface area contributed by atoms with Gasteiger partial charge in [0.25, 0.3) is 0 Å². The van der Waals surface area contributed by atoms with E-state index < -0.39 is 0 Å². The number of nitrogens with one attached hydrogen (secondary N) is 2. The highest BCUT2D eigenvalue weighted by Gasteiger charge is 1.98. The predicted octanol–water partition coefficient (Wildman–Crippen LogP) is 2.05. The zero-order valence-electron chi connectivity index (χ0n) is 15.5. The molecule has 0 aliphatic rings. The number of nitrogens with zero attached hydrogens (tertiary/aromatic N) is 1. The molecule has 6 nitrogen and oxygen atoms in total. The Hall–Kier alpha value is -0.850. The van der Waals surface area contributed by atoms with Crippen LogP contribution in [0.5, 0.6) is 0 Å². The second kappa shape index (κ2) is 17.5. The number of hydrogen-bond donors (Lipinski definition) is 2. The fraction of sp³-hybridized carbons (Fsp3) is 0.941. The molecule has 0 aromatic carbocycles. The molecule has 0 unspecified atom stereocenters. The average Bonchev–Trinajstić information content (AvgIpc) is 2.52. The monoisotopic (exact) mass is 331 g/mol. The number of aliphatic imine (C=N–C) groups is 1. The largest absolute Gasteiger partial charge is 0.382 e. The van der Waals surface area contributed by atoms with Crippen molar-refractivity contribution in [2.45, 2.75) is 40.0 Å². The molecule has 138 valence electrons. The van der Waals surface area contributed by atoms with Crippen LogP contribution in [-0.4, -0.2) is 65.7 Å². The summed E-state index contributed by atoms with van der Waals surface area (Å²) in [5, 5.41) is 6.54. The molecule has 2 N–H and O–H groups in total. The van der Waals surface area contributed by atoms with Gasteiger partial charge in [-0.3, -0.25) is 4.99 Å². The maximum absolute atomic E-state index is 5.59. The predicted molar refractivity (Wildman–Crippen MR) is 96.2 cm³/mol. The van der Waals surface area contributed by atoms with E-state index in [0.717, 1.165) is 58.1 Å². The van der Waals surface area contributed by atoms with Crippen molar-refractivity contribution in [1.82, 2.24) is 10.6 Å². The summed E-state index contributed by atoms with van der Waals surface area (Å²) in [6.45, 7) is 12.6. The third kappa shape index (κ3) is 17.3. The summed E-state index contributed by atoms with van der Waals surface area (Å²) in [5.41, 5.74) is 0. The van der Waals surface area contributed by atoms with Gasteiger partial charge in [0.15, 0.2) is 5.96 Å². The Morgan fingerprint density at radius 2 is 1.74 bits per heavy atom. The number of methoxy groups -OCH3 is 1. The van der Waals surface area contributed by atoms with Crippen LogP contribution >= 0.6 is 0 Å². The first-order valence-corrected chi connectivity index (χ1v) is 8.87. The van der Waals surface area contributed by atoms with Gasteiger partial charge in [-0.2, -0.15) is 0 Å². The summed E-state index contributed by atoms with van der Waals surface area (Å²) in [7, 11) is 1.68. The summed E-state index contributed by atoms with van der Waals surface area (Å²) in [6.07, 6.45) is 3.15. The van der Waals surface area contributed by atoms with Crippen LogP contribution in [0.25, 0.3) is 0 Å². The van der Waals surface area contributed by atoms with Gasteiger partial charge in [0.2, 0.25) is 0 Å². The molecule has 0 heterocycles. The van der Waals surface area contributed by atoms with Crippen LogP contribution < -0.4 is 10.6 Å². The van der Waals surface area contributed by atoms with Crippen LogP contribution in [0.1, 0.15) is 40.0 Å². The molecule has 0 atom stereocenters. The molecule has 0 amide bonds. The van der Waals surface area contributed by atoms with E-state index in [2.05, 4.69) is 36.4 Å². The van der Waals surface area contributed by atoms with Crippen molar-refractivity contribution in [2.75, 3.05) is 59.8 Å². The minimum atomic E-state index is 0.659. The van der Waals surface area contributed by atoms with E-state index in [1.165, 1.54) is 0 Å². The Balaban J connectivity index is 3.62. The van der Waals surface area contributed by atoms with Crippen molar-refractivity contribution in [3.05, 3.63) is 0 Å². The molecule has 6 heteroatoms. The second-order valence-electron chi connectivity index (χ2n) is 5.79. The first-order chi connectivity index (χ1) is 11.2. The van der Waals surface area contributed by atoms with E-state index >= 15 is 0 Å². The van der Waals surface area contributed by atoms with Crippen LogP contribution in [0, 0.1) is 5.92 Å². The lowest BCUT2D eigenvalue weighted by Crippen LogP contribution is -2.39. The Morgan fingerprint density at radius 1 is 0.957 bits per heavy atom. The number of unbranched alkanes of at least 4 members (excludes halogenated alkanes) is 1. The fourth-order valence-electron chi connectivity index (χ4n) is 1.76. The van der Waals surface area contributed by atoms with Gasteiger partial charge in [-0.05, 0) is 32.1 Å². The van der Waals surface area contributed by atoms with Gasteiger partial charge >= 0.3 is 0 Å². The van der Waals surface area contributed by atoms with Crippen LogP contribution in [0.3, 0.4) is 0 Å². The first kappa shape index (κ1) is 22.1. The molecular formula is C17H37N3O3. The Labute approximate surface area is 142 Å². The molecule has 0 spiro atoms. The molecule has 0 aromatic heterocycles. The number of guanidine groups is 1. The zero-order chi connectivity index (χ0) is 17.2. The van der Waals surface area contributed by atoms with Gasteiger partial charge in [0, 0.05) is 40.0 Å². The van der Waals surface area contributed by atoms with Crippen molar-refractivity contribution >= 4 is 5.96 Å². The number of hydrogen-bond acceptors (Lipinski definition) is 4.